The number of methoxy groups -OCH3 is 1. The van der Waals surface area contributed by atoms with Gasteiger partial charge >= 0.3 is 0 Å². The molecule has 28 heavy (non-hydrogen) atoms. The Balaban J connectivity index is 1.64. The number of carbonyl (C=O) groups is 1. The summed E-state index contributed by atoms with van der Waals surface area (Å²) in [6.45, 7) is 1.02. The topological polar surface area (TPSA) is 51.7 Å². The molecule has 0 aliphatic rings. The molecule has 0 bridgehead atoms. The predicted octanol–water partition coefficient (Wildman–Crippen LogP) is 3.74. The molecule has 0 saturated carbocycles. The molecule has 5 nitrogen and oxygen atoms in total. The normalized spacial score (nSPS) is 10.3. The van der Waals surface area contributed by atoms with Gasteiger partial charge in [-0.25, -0.2) is 0 Å². The van der Waals surface area contributed by atoms with Gasteiger partial charge in [0.2, 0.25) is 0 Å². The average Bonchev–Trinajstić information content (AvgIpc) is 2.76. The fourth-order valence-corrected chi connectivity index (χ4v) is 2.82. The molecule has 3 rings (SSSR count). The molecule has 0 unspecified atom stereocenters. The molecule has 0 radical (unpaired) electrons. The van der Waals surface area contributed by atoms with Crippen LogP contribution in [0.4, 0.5) is 0 Å². The number of pyridine rings is 1. The van der Waals surface area contributed by atoms with Crippen LogP contribution >= 0.6 is 0 Å². The lowest BCUT2D eigenvalue weighted by molar-refractivity contribution is -0.134. The Hall–Kier alpha value is -3.34. The van der Waals surface area contributed by atoms with Crippen LogP contribution in [-0.4, -0.2) is 36.1 Å². The molecule has 1 heterocycles. The fourth-order valence-electron chi connectivity index (χ4n) is 2.82. The molecule has 1 aromatic heterocycles. The number of hydrogen-bond acceptors (Lipinski definition) is 4. The van der Waals surface area contributed by atoms with Crippen LogP contribution in [0, 0.1) is 0 Å². The number of nitrogens with zero attached hydrogens (tertiary/aromatic N) is 2. The Bertz CT molecular complexity index is 869. The standard InChI is InChI=1S/C23H24N2O3/c1-27-21-11-7-12-22(16-21)28-18-23(26)25(17-20-10-5-6-14-24-20)15-13-19-8-3-2-4-9-19/h2-12,14,16H,13,15,17-18H2,1H3. The van der Waals surface area contributed by atoms with Gasteiger partial charge in [-0.2, -0.15) is 0 Å². The summed E-state index contributed by atoms with van der Waals surface area (Å²) in [5.41, 5.74) is 2.04. The summed E-state index contributed by atoms with van der Waals surface area (Å²) in [4.78, 5) is 19.0. The van der Waals surface area contributed by atoms with Gasteiger partial charge in [0.15, 0.2) is 6.61 Å². The second-order valence-electron chi connectivity index (χ2n) is 6.34. The smallest absolute Gasteiger partial charge is 0.260 e. The third kappa shape index (κ3) is 5.84. The zero-order chi connectivity index (χ0) is 19.6. The van der Waals surface area contributed by atoms with Crippen molar-refractivity contribution in [1.82, 2.24) is 9.88 Å². The number of carbonyl (C=O) groups excluding carboxylic acids is 1. The number of rotatable bonds is 9. The highest BCUT2D eigenvalue weighted by molar-refractivity contribution is 5.77. The van der Waals surface area contributed by atoms with E-state index in [1.165, 1.54) is 5.56 Å². The first-order valence-corrected chi connectivity index (χ1v) is 9.23. The number of hydrogen-bond donors (Lipinski definition) is 0. The van der Waals surface area contributed by atoms with Crippen molar-refractivity contribution < 1.29 is 14.3 Å². The van der Waals surface area contributed by atoms with E-state index in [0.29, 0.717) is 24.6 Å². The second-order valence-corrected chi connectivity index (χ2v) is 6.34. The molecule has 0 aliphatic heterocycles. The Morgan fingerprint density at radius 1 is 0.964 bits per heavy atom. The average molecular weight is 376 g/mol. The van der Waals surface area contributed by atoms with Crippen LogP contribution in [0.5, 0.6) is 11.5 Å². The Kier molecular flexibility index (Phi) is 7.01. The largest absolute Gasteiger partial charge is 0.497 e. The van der Waals surface area contributed by atoms with Gasteiger partial charge in [0, 0.05) is 18.8 Å². The first kappa shape index (κ1) is 19.4. The Morgan fingerprint density at radius 2 is 1.75 bits per heavy atom. The molecule has 0 saturated heterocycles. The van der Waals surface area contributed by atoms with Gasteiger partial charge in [0.25, 0.3) is 5.91 Å². The molecule has 0 N–H and O–H groups in total. The van der Waals surface area contributed by atoms with Crippen LogP contribution < -0.4 is 9.47 Å². The number of amides is 1. The van der Waals surface area contributed by atoms with Crippen molar-refractivity contribution in [2.24, 2.45) is 0 Å². The number of ether oxygens (including phenoxy) is 2. The van der Waals surface area contributed by atoms with Crippen LogP contribution in [0.25, 0.3) is 0 Å². The first-order valence-electron chi connectivity index (χ1n) is 9.23. The van der Waals surface area contributed by atoms with E-state index in [4.69, 9.17) is 9.47 Å². The van der Waals surface area contributed by atoms with Crippen LogP contribution in [0.1, 0.15) is 11.3 Å². The Labute approximate surface area is 165 Å². The van der Waals surface area contributed by atoms with E-state index in [0.717, 1.165) is 12.1 Å². The fraction of sp³-hybridized carbons (Fsp3) is 0.217. The van der Waals surface area contributed by atoms with E-state index in [1.807, 2.05) is 54.6 Å². The number of benzene rings is 2. The molecule has 3 aromatic rings. The van der Waals surface area contributed by atoms with Gasteiger partial charge in [0.05, 0.1) is 19.3 Å². The number of aromatic nitrogens is 1. The van der Waals surface area contributed by atoms with Gasteiger partial charge in [-0.3, -0.25) is 9.78 Å². The molecule has 0 aliphatic carbocycles. The van der Waals surface area contributed by atoms with E-state index in [-0.39, 0.29) is 12.5 Å². The summed E-state index contributed by atoms with van der Waals surface area (Å²) >= 11 is 0. The molecular formula is C23H24N2O3. The first-order chi connectivity index (χ1) is 13.7. The van der Waals surface area contributed by atoms with E-state index < -0.39 is 0 Å². The minimum absolute atomic E-state index is 0.0329. The van der Waals surface area contributed by atoms with E-state index in [1.54, 1.807) is 24.3 Å². The summed E-state index contributed by atoms with van der Waals surface area (Å²) in [6, 6.07) is 23.1. The van der Waals surface area contributed by atoms with Crippen molar-refractivity contribution in [3.05, 3.63) is 90.3 Å². The van der Waals surface area contributed by atoms with Crippen LogP contribution in [0.3, 0.4) is 0 Å². The molecule has 144 valence electrons. The third-order valence-corrected chi connectivity index (χ3v) is 4.35. The highest BCUT2D eigenvalue weighted by atomic mass is 16.5. The predicted molar refractivity (Wildman–Crippen MR) is 108 cm³/mol. The van der Waals surface area contributed by atoms with Crippen LogP contribution in [-0.2, 0) is 17.8 Å². The lowest BCUT2D eigenvalue weighted by atomic mass is 10.1. The van der Waals surface area contributed by atoms with Gasteiger partial charge in [-0.1, -0.05) is 42.5 Å². The highest BCUT2D eigenvalue weighted by Crippen LogP contribution is 2.19. The lowest BCUT2D eigenvalue weighted by Crippen LogP contribution is -2.36. The summed E-state index contributed by atoms with van der Waals surface area (Å²) in [6.07, 6.45) is 2.51. The van der Waals surface area contributed by atoms with Gasteiger partial charge < -0.3 is 14.4 Å². The monoisotopic (exact) mass is 376 g/mol. The SMILES string of the molecule is COc1cccc(OCC(=O)N(CCc2ccccc2)Cc2ccccn2)c1. The van der Waals surface area contributed by atoms with E-state index >= 15 is 0 Å². The highest BCUT2D eigenvalue weighted by Gasteiger charge is 2.15. The Morgan fingerprint density at radius 3 is 2.50 bits per heavy atom. The van der Waals surface area contributed by atoms with Gasteiger partial charge in [-0.15, -0.1) is 0 Å². The van der Waals surface area contributed by atoms with Crippen molar-refractivity contribution in [2.45, 2.75) is 13.0 Å². The zero-order valence-electron chi connectivity index (χ0n) is 16.0. The second kappa shape index (κ2) is 10.1. The van der Waals surface area contributed by atoms with E-state index in [2.05, 4.69) is 17.1 Å². The van der Waals surface area contributed by atoms with Crippen molar-refractivity contribution in [1.29, 1.82) is 0 Å². The minimum atomic E-state index is -0.0793. The molecule has 1 amide bonds. The summed E-state index contributed by atoms with van der Waals surface area (Å²) in [7, 11) is 1.60. The molecule has 0 fully saturated rings. The maximum atomic E-state index is 12.8. The molecule has 2 aromatic carbocycles. The molecule has 5 heteroatoms. The van der Waals surface area contributed by atoms with Crippen molar-refractivity contribution in [2.75, 3.05) is 20.3 Å². The quantitative estimate of drug-likeness (QED) is 0.571. The van der Waals surface area contributed by atoms with Gasteiger partial charge in [-0.05, 0) is 36.2 Å². The van der Waals surface area contributed by atoms with Crippen molar-refractivity contribution >= 4 is 5.91 Å². The van der Waals surface area contributed by atoms with Crippen LogP contribution in [0.15, 0.2) is 79.0 Å². The van der Waals surface area contributed by atoms with Crippen LogP contribution in [0.2, 0.25) is 0 Å². The summed E-state index contributed by atoms with van der Waals surface area (Å²) < 4.78 is 10.9. The van der Waals surface area contributed by atoms with Gasteiger partial charge in [0.1, 0.15) is 11.5 Å². The molecule has 0 atom stereocenters. The summed E-state index contributed by atoms with van der Waals surface area (Å²) in [5, 5.41) is 0. The van der Waals surface area contributed by atoms with Crippen molar-refractivity contribution in [3.8, 4) is 11.5 Å². The molecular weight excluding hydrogens is 352 g/mol. The summed E-state index contributed by atoms with van der Waals surface area (Å²) in [5.74, 6) is 1.22. The maximum Gasteiger partial charge on any atom is 0.260 e. The maximum absolute atomic E-state index is 12.8. The lowest BCUT2D eigenvalue weighted by Gasteiger charge is -2.22. The minimum Gasteiger partial charge on any atom is -0.497 e. The van der Waals surface area contributed by atoms with Crippen molar-refractivity contribution in [3.63, 3.8) is 0 Å². The third-order valence-electron chi connectivity index (χ3n) is 4.35. The van der Waals surface area contributed by atoms with E-state index in [9.17, 15) is 4.79 Å². The molecule has 0 spiro atoms. The zero-order valence-corrected chi connectivity index (χ0v) is 16.0.